The molecule has 0 spiro atoms. The van der Waals surface area contributed by atoms with E-state index in [1.165, 1.54) is 5.56 Å². The molecule has 0 radical (unpaired) electrons. The maximum absolute atomic E-state index is 12.8. The number of para-hydroxylation sites is 1. The fourth-order valence-electron chi connectivity index (χ4n) is 3.72. The van der Waals surface area contributed by atoms with E-state index in [0.717, 1.165) is 12.0 Å². The number of anilines is 1. The first kappa shape index (κ1) is 19.2. The van der Waals surface area contributed by atoms with Crippen LogP contribution in [0.25, 0.3) is 0 Å². The Morgan fingerprint density at radius 3 is 2.26 bits per heavy atom. The molecule has 0 atom stereocenters. The van der Waals surface area contributed by atoms with Crippen LogP contribution in [0.3, 0.4) is 0 Å². The second-order valence-electron chi connectivity index (χ2n) is 7.81. The lowest BCUT2D eigenvalue weighted by Gasteiger charge is -2.31. The molecule has 2 aromatic carbocycles. The molecule has 0 aliphatic carbocycles. The summed E-state index contributed by atoms with van der Waals surface area (Å²) < 4.78 is 0. The van der Waals surface area contributed by atoms with Crippen molar-refractivity contribution < 1.29 is 9.59 Å². The number of nitrogens with zero attached hydrogens (tertiary/aromatic N) is 1. The van der Waals surface area contributed by atoms with E-state index in [4.69, 9.17) is 5.73 Å². The van der Waals surface area contributed by atoms with Crippen molar-refractivity contribution in [3.63, 3.8) is 0 Å². The van der Waals surface area contributed by atoms with Crippen LogP contribution in [0.1, 0.15) is 53.0 Å². The Morgan fingerprint density at radius 2 is 1.67 bits per heavy atom. The molecular formula is C23H28N2O2. The molecular weight excluding hydrogens is 336 g/mol. The summed E-state index contributed by atoms with van der Waals surface area (Å²) in [7, 11) is 0. The third-order valence-corrected chi connectivity index (χ3v) is 5.23. The Labute approximate surface area is 161 Å². The highest BCUT2D eigenvalue weighted by molar-refractivity contribution is 6.00. The molecule has 0 saturated carbocycles. The lowest BCUT2D eigenvalue weighted by Crippen LogP contribution is -2.40. The number of hydrogen-bond donors (Lipinski definition) is 1. The normalized spacial score (nSPS) is 15.1. The lowest BCUT2D eigenvalue weighted by atomic mass is 9.88. The summed E-state index contributed by atoms with van der Waals surface area (Å²) in [4.78, 5) is 27.3. The SMILES string of the molecule is CC(C)Cc1ccc(C(=O)C2CCN(C(=O)c3ccccc3N)CC2)cc1. The van der Waals surface area contributed by atoms with Crippen LogP contribution in [0.15, 0.2) is 48.5 Å². The van der Waals surface area contributed by atoms with E-state index < -0.39 is 0 Å². The summed E-state index contributed by atoms with van der Waals surface area (Å²) in [5, 5.41) is 0. The van der Waals surface area contributed by atoms with E-state index in [-0.39, 0.29) is 17.6 Å². The summed E-state index contributed by atoms with van der Waals surface area (Å²) in [6.45, 7) is 5.57. The number of Topliss-reactive ketones (excluding diaryl/α,β-unsaturated/α-hetero) is 1. The highest BCUT2D eigenvalue weighted by Gasteiger charge is 2.28. The fraction of sp³-hybridized carbons (Fsp3) is 0.391. The van der Waals surface area contributed by atoms with Crippen molar-refractivity contribution in [2.75, 3.05) is 18.8 Å². The van der Waals surface area contributed by atoms with E-state index in [1.54, 1.807) is 17.0 Å². The number of rotatable bonds is 5. The Bertz CT molecular complexity index is 803. The van der Waals surface area contributed by atoms with Crippen molar-refractivity contribution in [1.82, 2.24) is 4.90 Å². The highest BCUT2D eigenvalue weighted by Crippen LogP contribution is 2.24. The summed E-state index contributed by atoms with van der Waals surface area (Å²) >= 11 is 0. The second kappa shape index (κ2) is 8.38. The van der Waals surface area contributed by atoms with Crippen LogP contribution >= 0.6 is 0 Å². The van der Waals surface area contributed by atoms with E-state index in [2.05, 4.69) is 26.0 Å². The third kappa shape index (κ3) is 4.57. The first-order valence-electron chi connectivity index (χ1n) is 9.72. The zero-order chi connectivity index (χ0) is 19.4. The monoisotopic (exact) mass is 364 g/mol. The van der Waals surface area contributed by atoms with Crippen molar-refractivity contribution in [3.05, 3.63) is 65.2 Å². The number of likely N-dealkylation sites (tertiary alicyclic amines) is 1. The Kier molecular flexibility index (Phi) is 5.94. The summed E-state index contributed by atoms with van der Waals surface area (Å²) in [6.07, 6.45) is 2.42. The van der Waals surface area contributed by atoms with Gasteiger partial charge in [0.25, 0.3) is 5.91 Å². The zero-order valence-electron chi connectivity index (χ0n) is 16.2. The summed E-state index contributed by atoms with van der Waals surface area (Å²) in [5.74, 6) is 0.736. The van der Waals surface area contributed by atoms with Gasteiger partial charge in [-0.1, -0.05) is 50.2 Å². The number of benzene rings is 2. The average molecular weight is 364 g/mol. The number of nitrogens with two attached hydrogens (primary N) is 1. The number of amides is 1. The van der Waals surface area contributed by atoms with Crippen LogP contribution in [0.2, 0.25) is 0 Å². The molecule has 1 heterocycles. The molecule has 27 heavy (non-hydrogen) atoms. The molecule has 1 fully saturated rings. The minimum atomic E-state index is -0.0444. The Hall–Kier alpha value is -2.62. The molecule has 4 heteroatoms. The van der Waals surface area contributed by atoms with Gasteiger partial charge in [0, 0.05) is 30.3 Å². The largest absolute Gasteiger partial charge is 0.398 e. The van der Waals surface area contributed by atoms with Gasteiger partial charge in [-0.2, -0.15) is 0 Å². The zero-order valence-corrected chi connectivity index (χ0v) is 16.2. The van der Waals surface area contributed by atoms with Gasteiger partial charge in [0.15, 0.2) is 5.78 Å². The molecule has 0 unspecified atom stereocenters. The maximum Gasteiger partial charge on any atom is 0.255 e. The van der Waals surface area contributed by atoms with E-state index >= 15 is 0 Å². The number of ketones is 1. The predicted molar refractivity (Wildman–Crippen MR) is 109 cm³/mol. The van der Waals surface area contributed by atoms with Crippen LogP contribution in [0.4, 0.5) is 5.69 Å². The van der Waals surface area contributed by atoms with Gasteiger partial charge in [0.2, 0.25) is 0 Å². The molecule has 2 aromatic rings. The van der Waals surface area contributed by atoms with E-state index in [0.29, 0.717) is 43.1 Å². The highest BCUT2D eigenvalue weighted by atomic mass is 16.2. The third-order valence-electron chi connectivity index (χ3n) is 5.23. The number of nitrogen functional groups attached to an aromatic ring is 1. The van der Waals surface area contributed by atoms with Gasteiger partial charge in [0.05, 0.1) is 5.56 Å². The lowest BCUT2D eigenvalue weighted by molar-refractivity contribution is 0.0651. The van der Waals surface area contributed by atoms with Gasteiger partial charge in [-0.25, -0.2) is 0 Å². The molecule has 142 valence electrons. The first-order valence-corrected chi connectivity index (χ1v) is 9.72. The molecule has 4 nitrogen and oxygen atoms in total. The van der Waals surface area contributed by atoms with Crippen molar-refractivity contribution in [3.8, 4) is 0 Å². The van der Waals surface area contributed by atoms with Crippen LogP contribution in [0, 0.1) is 11.8 Å². The molecule has 3 rings (SSSR count). The average Bonchev–Trinajstić information content (AvgIpc) is 2.67. The van der Waals surface area contributed by atoms with E-state index in [1.807, 2.05) is 24.3 Å². The molecule has 1 amide bonds. The van der Waals surface area contributed by atoms with Crippen molar-refractivity contribution in [2.24, 2.45) is 11.8 Å². The van der Waals surface area contributed by atoms with Crippen LogP contribution in [-0.4, -0.2) is 29.7 Å². The second-order valence-corrected chi connectivity index (χ2v) is 7.81. The Morgan fingerprint density at radius 1 is 1.04 bits per heavy atom. The van der Waals surface area contributed by atoms with Crippen molar-refractivity contribution in [2.45, 2.75) is 33.1 Å². The topological polar surface area (TPSA) is 63.4 Å². The summed E-state index contributed by atoms with van der Waals surface area (Å²) in [6, 6.07) is 15.2. The van der Waals surface area contributed by atoms with Gasteiger partial charge in [-0.15, -0.1) is 0 Å². The van der Waals surface area contributed by atoms with Gasteiger partial charge in [-0.05, 0) is 42.9 Å². The van der Waals surface area contributed by atoms with Crippen molar-refractivity contribution >= 4 is 17.4 Å². The first-order chi connectivity index (χ1) is 13.0. The number of carbonyl (C=O) groups is 2. The predicted octanol–water partition coefficient (Wildman–Crippen LogP) is 4.20. The molecule has 1 saturated heterocycles. The fourth-order valence-corrected chi connectivity index (χ4v) is 3.72. The summed E-state index contributed by atoms with van der Waals surface area (Å²) in [5.41, 5.74) is 9.01. The minimum absolute atomic E-state index is 0.0156. The van der Waals surface area contributed by atoms with Gasteiger partial charge in [-0.3, -0.25) is 9.59 Å². The van der Waals surface area contributed by atoms with E-state index in [9.17, 15) is 9.59 Å². The Balaban J connectivity index is 1.59. The number of carbonyl (C=O) groups excluding carboxylic acids is 2. The van der Waals surface area contributed by atoms with Crippen LogP contribution < -0.4 is 5.73 Å². The molecule has 1 aliphatic rings. The maximum atomic E-state index is 12.8. The van der Waals surface area contributed by atoms with Gasteiger partial charge >= 0.3 is 0 Å². The molecule has 0 aromatic heterocycles. The molecule has 2 N–H and O–H groups in total. The van der Waals surface area contributed by atoms with Gasteiger partial charge < -0.3 is 10.6 Å². The standard InChI is InChI=1S/C23H28N2O2/c1-16(2)15-17-7-9-18(10-8-17)22(26)19-11-13-25(14-12-19)23(27)20-5-3-4-6-21(20)24/h3-10,16,19H,11-15,24H2,1-2H3. The quantitative estimate of drug-likeness (QED) is 0.639. The van der Waals surface area contributed by atoms with Crippen LogP contribution in [0.5, 0.6) is 0 Å². The van der Waals surface area contributed by atoms with Gasteiger partial charge in [0.1, 0.15) is 0 Å². The number of hydrogen-bond acceptors (Lipinski definition) is 3. The smallest absolute Gasteiger partial charge is 0.255 e. The molecule has 1 aliphatic heterocycles. The van der Waals surface area contributed by atoms with Crippen molar-refractivity contribution in [1.29, 1.82) is 0 Å². The minimum Gasteiger partial charge on any atom is -0.398 e. The van der Waals surface area contributed by atoms with Crippen LogP contribution in [-0.2, 0) is 6.42 Å². The number of piperidine rings is 1. The molecule has 0 bridgehead atoms.